The summed E-state index contributed by atoms with van der Waals surface area (Å²) in [5, 5.41) is 8.46. The van der Waals surface area contributed by atoms with Gasteiger partial charge in [0.15, 0.2) is 4.87 Å². The quantitative estimate of drug-likeness (QED) is 0.470. The van der Waals surface area contributed by atoms with Crippen LogP contribution in [0.5, 0.6) is 0 Å². The maximum atomic E-state index is 8.46. The monoisotopic (exact) mass is 140 g/mol. The van der Waals surface area contributed by atoms with Crippen molar-refractivity contribution < 1.29 is 0 Å². The number of hydrogen-bond acceptors (Lipinski definition) is 2. The van der Waals surface area contributed by atoms with Crippen molar-refractivity contribution in [2.75, 3.05) is 0 Å². The van der Waals surface area contributed by atoms with Gasteiger partial charge in [0, 0.05) is 18.8 Å². The number of hydrogen-bond donors (Lipinski definition) is 0. The molecule has 1 aliphatic heterocycles. The molecular formula is C6H5ClN2. The van der Waals surface area contributed by atoms with E-state index in [4.69, 9.17) is 16.9 Å². The topological polar surface area (TPSA) is 36.1 Å². The first kappa shape index (κ1) is 6.31. The van der Waals surface area contributed by atoms with E-state index in [0.29, 0.717) is 6.42 Å². The number of aliphatic imine (C=N–C) groups is 1. The highest BCUT2D eigenvalue weighted by Gasteiger charge is 2.23. The molecule has 0 spiro atoms. The minimum atomic E-state index is -0.832. The molecule has 1 atom stereocenters. The van der Waals surface area contributed by atoms with E-state index in [1.165, 1.54) is 0 Å². The van der Waals surface area contributed by atoms with Crippen LogP contribution in [-0.2, 0) is 0 Å². The molecule has 0 saturated heterocycles. The predicted octanol–water partition coefficient (Wildman–Crippen LogP) is 1.48. The molecule has 9 heavy (non-hydrogen) atoms. The average molecular weight is 141 g/mol. The highest BCUT2D eigenvalue weighted by atomic mass is 35.5. The van der Waals surface area contributed by atoms with Crippen LogP contribution in [0.3, 0.4) is 0 Å². The van der Waals surface area contributed by atoms with Crippen molar-refractivity contribution >= 4 is 17.8 Å². The van der Waals surface area contributed by atoms with Crippen molar-refractivity contribution in [1.29, 1.82) is 5.26 Å². The van der Waals surface area contributed by atoms with Gasteiger partial charge < -0.3 is 0 Å². The van der Waals surface area contributed by atoms with Crippen LogP contribution < -0.4 is 0 Å². The van der Waals surface area contributed by atoms with Crippen molar-refractivity contribution in [1.82, 2.24) is 0 Å². The van der Waals surface area contributed by atoms with E-state index >= 15 is 0 Å². The van der Waals surface area contributed by atoms with Crippen molar-refractivity contribution in [2.24, 2.45) is 4.99 Å². The van der Waals surface area contributed by atoms with Crippen LogP contribution in [0.4, 0.5) is 0 Å². The molecule has 0 aromatic carbocycles. The minimum absolute atomic E-state index is 0.502. The van der Waals surface area contributed by atoms with Gasteiger partial charge in [-0.2, -0.15) is 5.26 Å². The summed E-state index contributed by atoms with van der Waals surface area (Å²) in [6.45, 7) is 0. The van der Waals surface area contributed by atoms with Crippen molar-refractivity contribution in [2.45, 2.75) is 11.3 Å². The molecule has 1 rings (SSSR count). The van der Waals surface area contributed by atoms with Gasteiger partial charge in [-0.25, -0.2) is 0 Å². The van der Waals surface area contributed by atoms with Crippen LogP contribution in [0.25, 0.3) is 0 Å². The van der Waals surface area contributed by atoms with E-state index in [1.54, 1.807) is 18.5 Å². The second kappa shape index (κ2) is 2.20. The third-order valence-corrected chi connectivity index (χ3v) is 1.47. The maximum Gasteiger partial charge on any atom is 0.155 e. The third kappa shape index (κ3) is 1.30. The Morgan fingerprint density at radius 3 is 2.89 bits per heavy atom. The zero-order chi connectivity index (χ0) is 6.74. The lowest BCUT2D eigenvalue weighted by Crippen LogP contribution is -2.17. The van der Waals surface area contributed by atoms with Gasteiger partial charge in [-0.15, -0.1) is 0 Å². The summed E-state index contributed by atoms with van der Waals surface area (Å²) < 4.78 is 0. The number of nitrogens with zero attached hydrogens (tertiary/aromatic N) is 2. The van der Waals surface area contributed by atoms with Crippen LogP contribution >= 0.6 is 11.6 Å². The highest BCUT2D eigenvalue weighted by Crippen LogP contribution is 2.21. The molecule has 0 fully saturated rings. The first-order chi connectivity index (χ1) is 4.27. The first-order valence-corrected chi connectivity index (χ1v) is 2.94. The standard InChI is InChI=1S/C6H5ClN2/c7-6(5-8)1-3-9-4-2-6/h1,3-4H,2H2. The largest absolute Gasteiger partial charge is 0.269 e. The molecule has 3 heteroatoms. The Hall–Kier alpha value is -0.810. The Balaban J connectivity index is 2.77. The van der Waals surface area contributed by atoms with Crippen LogP contribution in [0.15, 0.2) is 17.3 Å². The summed E-state index contributed by atoms with van der Waals surface area (Å²) >= 11 is 5.72. The molecule has 1 heterocycles. The molecule has 0 N–H and O–H groups in total. The smallest absolute Gasteiger partial charge is 0.155 e. The van der Waals surface area contributed by atoms with Crippen LogP contribution in [-0.4, -0.2) is 11.1 Å². The van der Waals surface area contributed by atoms with E-state index < -0.39 is 4.87 Å². The summed E-state index contributed by atoms with van der Waals surface area (Å²) in [6, 6.07) is 1.97. The molecular weight excluding hydrogens is 136 g/mol. The summed E-state index contributed by atoms with van der Waals surface area (Å²) in [4.78, 5) is 2.95. The van der Waals surface area contributed by atoms with Gasteiger partial charge in [-0.3, -0.25) is 4.99 Å². The molecule has 0 aromatic heterocycles. The zero-order valence-corrected chi connectivity index (χ0v) is 5.47. The normalized spacial score (nSPS) is 32.0. The second-order valence-corrected chi connectivity index (χ2v) is 2.50. The lowest BCUT2D eigenvalue weighted by atomic mass is 10.1. The maximum absolute atomic E-state index is 8.46. The lowest BCUT2D eigenvalue weighted by molar-refractivity contribution is 0.917. The zero-order valence-electron chi connectivity index (χ0n) is 4.71. The molecule has 1 aliphatic rings. The van der Waals surface area contributed by atoms with Crippen LogP contribution in [0.2, 0.25) is 0 Å². The fourth-order valence-electron chi connectivity index (χ4n) is 0.559. The lowest BCUT2D eigenvalue weighted by Gasteiger charge is -2.11. The fraction of sp³-hybridized carbons (Fsp3) is 0.333. The van der Waals surface area contributed by atoms with E-state index in [9.17, 15) is 0 Å². The molecule has 46 valence electrons. The summed E-state index contributed by atoms with van der Waals surface area (Å²) in [5.41, 5.74) is 0. The van der Waals surface area contributed by atoms with E-state index in [1.807, 2.05) is 6.07 Å². The molecule has 0 radical (unpaired) electrons. The summed E-state index contributed by atoms with van der Waals surface area (Å²) in [5.74, 6) is 0. The van der Waals surface area contributed by atoms with Gasteiger partial charge in [-0.05, 0) is 6.08 Å². The highest BCUT2D eigenvalue weighted by molar-refractivity contribution is 6.28. The Morgan fingerprint density at radius 2 is 2.56 bits per heavy atom. The molecule has 0 bridgehead atoms. The number of alkyl halides is 1. The molecule has 2 nitrogen and oxygen atoms in total. The third-order valence-electron chi connectivity index (χ3n) is 1.10. The van der Waals surface area contributed by atoms with E-state index in [2.05, 4.69) is 4.99 Å². The predicted molar refractivity (Wildman–Crippen MR) is 36.4 cm³/mol. The summed E-state index contributed by atoms with van der Waals surface area (Å²) in [7, 11) is 0. The van der Waals surface area contributed by atoms with E-state index in [0.717, 1.165) is 0 Å². The number of rotatable bonds is 0. The van der Waals surface area contributed by atoms with E-state index in [-0.39, 0.29) is 0 Å². The first-order valence-electron chi connectivity index (χ1n) is 2.56. The van der Waals surface area contributed by atoms with Crippen LogP contribution in [0, 0.1) is 11.3 Å². The molecule has 1 unspecified atom stereocenters. The molecule has 0 aliphatic carbocycles. The SMILES string of the molecule is N#CC1(Cl)C=CN=CC1. The second-order valence-electron chi connectivity index (χ2n) is 1.83. The van der Waals surface area contributed by atoms with Crippen LogP contribution in [0.1, 0.15) is 6.42 Å². The number of halogens is 1. The van der Waals surface area contributed by atoms with Gasteiger partial charge in [0.1, 0.15) is 0 Å². The Morgan fingerprint density at radius 1 is 1.78 bits per heavy atom. The molecule has 0 saturated carbocycles. The van der Waals surface area contributed by atoms with Gasteiger partial charge in [0.25, 0.3) is 0 Å². The van der Waals surface area contributed by atoms with Gasteiger partial charge in [0.05, 0.1) is 6.07 Å². The Bertz CT molecular complexity index is 202. The van der Waals surface area contributed by atoms with Crippen molar-refractivity contribution in [3.63, 3.8) is 0 Å². The average Bonchev–Trinajstić information content (AvgIpc) is 1.90. The van der Waals surface area contributed by atoms with Crippen molar-refractivity contribution in [3.05, 3.63) is 12.3 Å². The molecule has 0 aromatic rings. The molecule has 0 amide bonds. The van der Waals surface area contributed by atoms with Gasteiger partial charge in [-0.1, -0.05) is 11.6 Å². The minimum Gasteiger partial charge on any atom is -0.269 e. The van der Waals surface area contributed by atoms with Gasteiger partial charge in [0.2, 0.25) is 0 Å². The van der Waals surface area contributed by atoms with Gasteiger partial charge >= 0.3 is 0 Å². The number of allylic oxidation sites excluding steroid dienone is 1. The number of nitriles is 1. The fourth-order valence-corrected chi connectivity index (χ4v) is 0.684. The Kier molecular flexibility index (Phi) is 1.54. The Labute approximate surface area is 58.5 Å². The summed E-state index contributed by atoms with van der Waals surface area (Å²) in [6.07, 6.45) is 5.27. The van der Waals surface area contributed by atoms with Crippen molar-refractivity contribution in [3.8, 4) is 6.07 Å².